The second-order valence-corrected chi connectivity index (χ2v) is 10.8. The van der Waals surface area contributed by atoms with Gasteiger partial charge in [0.2, 0.25) is 5.91 Å². The Morgan fingerprint density at radius 2 is 1.59 bits per heavy atom. The van der Waals surface area contributed by atoms with Crippen molar-refractivity contribution in [2.75, 3.05) is 26.2 Å². The van der Waals surface area contributed by atoms with Crippen LogP contribution in [0.3, 0.4) is 0 Å². The number of likely N-dealkylation sites (tertiary alicyclic amines) is 1. The maximum absolute atomic E-state index is 12.9. The fourth-order valence-corrected chi connectivity index (χ4v) is 4.54. The number of rotatable bonds is 5. The largest absolute Gasteiger partial charge is 0.507 e. The molecule has 0 bridgehead atoms. The minimum atomic E-state index is -0.113. The van der Waals surface area contributed by atoms with E-state index in [1.807, 2.05) is 4.90 Å². The van der Waals surface area contributed by atoms with Crippen molar-refractivity contribution in [2.24, 2.45) is 5.92 Å². The zero-order valence-corrected chi connectivity index (χ0v) is 20.0. The van der Waals surface area contributed by atoms with Gasteiger partial charge in [0.25, 0.3) is 0 Å². The molecule has 1 aliphatic rings. The van der Waals surface area contributed by atoms with Gasteiger partial charge in [0.15, 0.2) is 0 Å². The van der Waals surface area contributed by atoms with E-state index in [1.165, 1.54) is 10.5 Å². The molecular formula is C25H43N2O2+. The first-order chi connectivity index (χ1) is 13.4. The smallest absolute Gasteiger partial charge is 0.231 e. The van der Waals surface area contributed by atoms with Crippen LogP contribution in [0.5, 0.6) is 5.75 Å². The Labute approximate surface area is 178 Å². The normalized spacial score (nSPS) is 20.6. The molecule has 29 heavy (non-hydrogen) atoms. The van der Waals surface area contributed by atoms with Crippen molar-refractivity contribution in [1.29, 1.82) is 0 Å². The van der Waals surface area contributed by atoms with Crippen LogP contribution < -0.4 is 4.90 Å². The monoisotopic (exact) mass is 403 g/mol. The summed E-state index contributed by atoms with van der Waals surface area (Å²) in [5, 5.41) is 11.0. The van der Waals surface area contributed by atoms with Crippen molar-refractivity contribution in [3.63, 3.8) is 0 Å². The molecule has 164 valence electrons. The number of nitrogens with one attached hydrogen (secondary N) is 1. The summed E-state index contributed by atoms with van der Waals surface area (Å²) >= 11 is 0. The summed E-state index contributed by atoms with van der Waals surface area (Å²) in [5.74, 6) is 0.903. The van der Waals surface area contributed by atoms with Gasteiger partial charge in [0.05, 0.1) is 19.0 Å². The highest BCUT2D eigenvalue weighted by Crippen LogP contribution is 2.39. The zero-order chi connectivity index (χ0) is 22.0. The summed E-state index contributed by atoms with van der Waals surface area (Å²) < 4.78 is 0. The average molecular weight is 404 g/mol. The standard InChI is InChI=1S/C25H42N2O2/c1-9-27(10-2)23(29)19-12-11-13-26(17-19)16-18-14-20(24(3,4)5)22(28)21(15-18)25(6,7)8/h14-15,19,28H,9-13,16-17H2,1-8H3/p+1/t19-/m0/s1. The van der Waals surface area contributed by atoms with Gasteiger partial charge in [-0.05, 0) is 49.7 Å². The van der Waals surface area contributed by atoms with E-state index < -0.39 is 0 Å². The van der Waals surface area contributed by atoms with E-state index in [4.69, 9.17) is 0 Å². The highest BCUT2D eigenvalue weighted by molar-refractivity contribution is 5.78. The lowest BCUT2D eigenvalue weighted by molar-refractivity contribution is -0.921. The van der Waals surface area contributed by atoms with Gasteiger partial charge in [0, 0.05) is 29.8 Å². The van der Waals surface area contributed by atoms with E-state index in [9.17, 15) is 9.90 Å². The first kappa shape index (κ1) is 23.7. The molecule has 0 saturated carbocycles. The SMILES string of the molecule is CCN(CC)C(=O)[C@H]1CCC[NH+](Cc2cc(C(C)(C)C)c(O)c(C(C)(C)C)c2)C1. The van der Waals surface area contributed by atoms with Crippen LogP contribution in [-0.4, -0.2) is 42.1 Å². The van der Waals surface area contributed by atoms with Crippen molar-refractivity contribution in [2.45, 2.75) is 85.6 Å². The molecule has 2 rings (SSSR count). The first-order valence-electron chi connectivity index (χ1n) is 11.4. The lowest BCUT2D eigenvalue weighted by Crippen LogP contribution is -3.12. The molecule has 1 aliphatic heterocycles. The Balaban J connectivity index is 2.28. The van der Waals surface area contributed by atoms with Gasteiger partial charge in [0.1, 0.15) is 12.3 Å². The Morgan fingerprint density at radius 3 is 2.03 bits per heavy atom. The molecule has 4 heteroatoms. The van der Waals surface area contributed by atoms with Crippen molar-refractivity contribution in [3.05, 3.63) is 28.8 Å². The van der Waals surface area contributed by atoms with Crippen molar-refractivity contribution < 1.29 is 14.8 Å². The average Bonchev–Trinajstić information content (AvgIpc) is 2.62. The molecule has 1 heterocycles. The van der Waals surface area contributed by atoms with Gasteiger partial charge in [-0.15, -0.1) is 0 Å². The third-order valence-corrected chi connectivity index (χ3v) is 6.28. The summed E-state index contributed by atoms with van der Waals surface area (Å²) in [6, 6.07) is 4.38. The summed E-state index contributed by atoms with van der Waals surface area (Å²) in [4.78, 5) is 16.3. The molecule has 1 aromatic rings. The van der Waals surface area contributed by atoms with E-state index >= 15 is 0 Å². The number of phenolic OH excluding ortho intramolecular Hbond substituents is 1. The van der Waals surface area contributed by atoms with Crippen LogP contribution in [0.2, 0.25) is 0 Å². The van der Waals surface area contributed by atoms with Gasteiger partial charge in [-0.3, -0.25) is 4.79 Å². The molecule has 2 N–H and O–H groups in total. The molecule has 0 radical (unpaired) electrons. The fraction of sp³-hybridized carbons (Fsp3) is 0.720. The second-order valence-electron chi connectivity index (χ2n) is 10.8. The van der Waals surface area contributed by atoms with E-state index in [-0.39, 0.29) is 16.7 Å². The predicted octanol–water partition coefficient (Wildman–Crippen LogP) is 3.65. The number of benzene rings is 1. The number of phenols is 1. The molecular weight excluding hydrogens is 360 g/mol. The molecule has 0 aliphatic carbocycles. The van der Waals surface area contributed by atoms with E-state index in [0.717, 1.165) is 56.7 Å². The molecule has 0 spiro atoms. The van der Waals surface area contributed by atoms with Crippen LogP contribution in [0.25, 0.3) is 0 Å². The maximum Gasteiger partial charge on any atom is 0.231 e. The molecule has 4 nitrogen and oxygen atoms in total. The Bertz CT molecular complexity index is 674. The van der Waals surface area contributed by atoms with Gasteiger partial charge in [-0.1, -0.05) is 41.5 Å². The van der Waals surface area contributed by atoms with Crippen LogP contribution in [0, 0.1) is 5.92 Å². The van der Waals surface area contributed by atoms with Crippen molar-refractivity contribution >= 4 is 5.91 Å². The Hall–Kier alpha value is -1.55. The lowest BCUT2D eigenvalue weighted by atomic mass is 9.78. The summed E-state index contributed by atoms with van der Waals surface area (Å²) in [6.07, 6.45) is 2.11. The number of carbonyl (C=O) groups excluding carboxylic acids is 1. The quantitative estimate of drug-likeness (QED) is 0.788. The van der Waals surface area contributed by atoms with Crippen LogP contribution in [-0.2, 0) is 22.2 Å². The lowest BCUT2D eigenvalue weighted by Gasteiger charge is -2.33. The number of hydrogen-bond acceptors (Lipinski definition) is 2. The van der Waals surface area contributed by atoms with Gasteiger partial charge in [-0.25, -0.2) is 0 Å². The topological polar surface area (TPSA) is 45.0 Å². The van der Waals surface area contributed by atoms with Crippen molar-refractivity contribution in [3.8, 4) is 5.75 Å². The van der Waals surface area contributed by atoms with E-state index in [1.54, 1.807) is 0 Å². The minimum Gasteiger partial charge on any atom is -0.507 e. The van der Waals surface area contributed by atoms with Crippen molar-refractivity contribution in [1.82, 2.24) is 4.90 Å². The number of piperidine rings is 1. The van der Waals surface area contributed by atoms with E-state index in [0.29, 0.717) is 11.7 Å². The highest BCUT2D eigenvalue weighted by Gasteiger charge is 2.32. The van der Waals surface area contributed by atoms with Crippen LogP contribution in [0.15, 0.2) is 12.1 Å². The summed E-state index contributed by atoms with van der Waals surface area (Å²) in [5.41, 5.74) is 3.08. The third kappa shape index (κ3) is 5.75. The fourth-order valence-electron chi connectivity index (χ4n) is 4.54. The third-order valence-electron chi connectivity index (χ3n) is 6.28. The number of aromatic hydroxyl groups is 1. The molecule has 1 aromatic carbocycles. The number of quaternary nitrogens is 1. The van der Waals surface area contributed by atoms with Crippen LogP contribution >= 0.6 is 0 Å². The molecule has 2 atom stereocenters. The van der Waals surface area contributed by atoms with Crippen LogP contribution in [0.4, 0.5) is 0 Å². The van der Waals surface area contributed by atoms with Crippen LogP contribution in [0.1, 0.15) is 84.9 Å². The van der Waals surface area contributed by atoms with Gasteiger partial charge in [-0.2, -0.15) is 0 Å². The molecule has 0 aromatic heterocycles. The minimum absolute atomic E-state index is 0.113. The predicted molar refractivity (Wildman–Crippen MR) is 121 cm³/mol. The number of nitrogens with zero attached hydrogens (tertiary/aromatic N) is 1. The maximum atomic E-state index is 12.9. The summed E-state index contributed by atoms with van der Waals surface area (Å²) in [7, 11) is 0. The van der Waals surface area contributed by atoms with Gasteiger partial charge >= 0.3 is 0 Å². The van der Waals surface area contributed by atoms with E-state index in [2.05, 4.69) is 67.5 Å². The molecule has 1 amide bonds. The number of amides is 1. The zero-order valence-electron chi connectivity index (χ0n) is 20.0. The number of hydrogen-bond donors (Lipinski definition) is 2. The first-order valence-corrected chi connectivity index (χ1v) is 11.4. The van der Waals surface area contributed by atoms with Gasteiger partial charge < -0.3 is 14.9 Å². The Kier molecular flexibility index (Phi) is 7.42. The Morgan fingerprint density at radius 1 is 1.07 bits per heavy atom. The molecule has 1 unspecified atom stereocenters. The molecule has 1 saturated heterocycles. The summed E-state index contributed by atoms with van der Waals surface area (Å²) in [6.45, 7) is 21.6. The molecule has 1 fully saturated rings. The highest BCUT2D eigenvalue weighted by atomic mass is 16.3. The second kappa shape index (κ2) is 9.07. The number of carbonyl (C=O) groups is 1.